The molecule has 1 aliphatic carbocycles. The number of carbonyl (C=O) groups is 1. The third-order valence-corrected chi connectivity index (χ3v) is 2.96. The van der Waals surface area contributed by atoms with E-state index in [1.807, 2.05) is 24.3 Å². The Kier molecular flexibility index (Phi) is 2.44. The summed E-state index contributed by atoms with van der Waals surface area (Å²) < 4.78 is 10.9. The molecule has 1 atom stereocenters. The van der Waals surface area contributed by atoms with Crippen molar-refractivity contribution in [1.82, 2.24) is 0 Å². The van der Waals surface area contributed by atoms with Crippen molar-refractivity contribution >= 4 is 5.78 Å². The van der Waals surface area contributed by atoms with Crippen LogP contribution >= 0.6 is 0 Å². The summed E-state index contributed by atoms with van der Waals surface area (Å²) in [5.41, 5.74) is 2.14. The predicted octanol–water partition coefficient (Wildman–Crippen LogP) is 2.92. The van der Waals surface area contributed by atoms with Crippen molar-refractivity contribution in [2.24, 2.45) is 0 Å². The van der Waals surface area contributed by atoms with Crippen LogP contribution in [-0.4, -0.2) is 5.78 Å². The summed E-state index contributed by atoms with van der Waals surface area (Å²) in [7, 11) is 0. The summed E-state index contributed by atoms with van der Waals surface area (Å²) in [5.74, 6) is 0.666. The Labute approximate surface area is 99.0 Å². The number of hydrogen-bond acceptors (Lipinski definition) is 3. The number of furan rings is 1. The summed E-state index contributed by atoms with van der Waals surface area (Å²) >= 11 is 0. The highest BCUT2D eigenvalue weighted by Crippen LogP contribution is 2.32. The molecule has 0 N–H and O–H groups in total. The van der Waals surface area contributed by atoms with E-state index in [2.05, 4.69) is 0 Å². The lowest BCUT2D eigenvalue weighted by atomic mass is 9.88. The van der Waals surface area contributed by atoms with Gasteiger partial charge >= 0.3 is 0 Å². The monoisotopic (exact) mass is 228 g/mol. The average Bonchev–Trinajstić information content (AvgIpc) is 2.81. The summed E-state index contributed by atoms with van der Waals surface area (Å²) in [6.07, 6.45) is 2.26. The number of fused-ring (bicyclic) bond motifs is 1. The molecule has 3 rings (SSSR count). The normalized spacial score (nSPS) is 18.8. The largest absolute Gasteiger partial charge is 0.456 e. The second kappa shape index (κ2) is 4.09. The smallest absolute Gasteiger partial charge is 0.284 e. The molecule has 2 aromatic rings. The molecule has 0 saturated heterocycles. The molecule has 0 amide bonds. The second-order valence-corrected chi connectivity index (χ2v) is 4.16. The number of carbonyl (C=O) groups excluding carboxylic acids is 1. The van der Waals surface area contributed by atoms with Crippen LogP contribution in [0.2, 0.25) is 0 Å². The lowest BCUT2D eigenvalue weighted by Crippen LogP contribution is -2.21. The molecule has 0 aliphatic heterocycles. The highest BCUT2D eigenvalue weighted by atomic mass is 16.6. The zero-order valence-electron chi connectivity index (χ0n) is 9.26. The Balaban J connectivity index is 1.92. The molecule has 17 heavy (non-hydrogen) atoms. The average molecular weight is 228 g/mol. The van der Waals surface area contributed by atoms with Gasteiger partial charge in [-0.2, -0.15) is 0 Å². The fourth-order valence-corrected chi connectivity index (χ4v) is 2.19. The van der Waals surface area contributed by atoms with Gasteiger partial charge < -0.3 is 9.15 Å². The van der Waals surface area contributed by atoms with E-state index in [1.165, 1.54) is 0 Å². The van der Waals surface area contributed by atoms with Gasteiger partial charge in [-0.25, -0.2) is 0 Å². The minimum Gasteiger partial charge on any atom is -0.456 e. The first-order valence-corrected chi connectivity index (χ1v) is 5.62. The summed E-state index contributed by atoms with van der Waals surface area (Å²) in [6, 6.07) is 11.4. The maximum Gasteiger partial charge on any atom is 0.284 e. The molecule has 3 heteroatoms. The predicted molar refractivity (Wildman–Crippen MR) is 61.8 cm³/mol. The number of benzene rings is 1. The number of Topliss-reactive ketones (excluding diaryl/α,β-unsaturated/α-hetero) is 1. The third kappa shape index (κ3) is 1.96. The van der Waals surface area contributed by atoms with Crippen LogP contribution in [0.1, 0.15) is 23.7 Å². The van der Waals surface area contributed by atoms with E-state index < -0.39 is 0 Å². The summed E-state index contributed by atoms with van der Waals surface area (Å²) in [4.78, 5) is 11.7. The van der Waals surface area contributed by atoms with Crippen LogP contribution in [0.4, 0.5) is 0 Å². The zero-order valence-corrected chi connectivity index (χ0v) is 9.26. The standard InChI is InChI=1S/C14H12O3/c15-11-8-10-4-1-2-5-12(10)13(9-11)17-14-6-3-7-16-14/h1-7,13H,8-9H2. The fourth-order valence-electron chi connectivity index (χ4n) is 2.19. The Morgan fingerprint density at radius 2 is 2.06 bits per heavy atom. The van der Waals surface area contributed by atoms with Crippen LogP contribution < -0.4 is 4.74 Å². The molecule has 86 valence electrons. The molecule has 3 nitrogen and oxygen atoms in total. The van der Waals surface area contributed by atoms with Gasteiger partial charge in [0, 0.05) is 18.9 Å². The Hall–Kier alpha value is -2.03. The highest BCUT2D eigenvalue weighted by Gasteiger charge is 2.26. The van der Waals surface area contributed by atoms with Gasteiger partial charge in [0.1, 0.15) is 11.9 Å². The minimum atomic E-state index is -0.224. The topological polar surface area (TPSA) is 39.4 Å². The van der Waals surface area contributed by atoms with Crippen molar-refractivity contribution in [1.29, 1.82) is 0 Å². The Morgan fingerprint density at radius 3 is 2.88 bits per heavy atom. The maximum atomic E-state index is 11.7. The molecule has 0 radical (unpaired) electrons. The van der Waals surface area contributed by atoms with E-state index in [-0.39, 0.29) is 11.9 Å². The summed E-state index contributed by atoms with van der Waals surface area (Å²) in [5, 5.41) is 0. The fraction of sp³-hybridized carbons (Fsp3) is 0.214. The van der Waals surface area contributed by atoms with E-state index in [4.69, 9.17) is 9.15 Å². The molecule has 1 heterocycles. The van der Waals surface area contributed by atoms with Gasteiger partial charge in [0.25, 0.3) is 5.95 Å². The first kappa shape index (κ1) is 10.1. The molecule has 0 saturated carbocycles. The highest BCUT2D eigenvalue weighted by molar-refractivity contribution is 5.83. The molecule has 1 aromatic heterocycles. The quantitative estimate of drug-likeness (QED) is 0.793. The van der Waals surface area contributed by atoms with Gasteiger partial charge in [0.05, 0.1) is 6.26 Å². The third-order valence-electron chi connectivity index (χ3n) is 2.96. The van der Waals surface area contributed by atoms with Crippen LogP contribution in [0.3, 0.4) is 0 Å². The first-order valence-electron chi connectivity index (χ1n) is 5.62. The van der Waals surface area contributed by atoms with E-state index in [0.29, 0.717) is 18.8 Å². The Morgan fingerprint density at radius 1 is 1.18 bits per heavy atom. The van der Waals surface area contributed by atoms with Gasteiger partial charge in [-0.15, -0.1) is 0 Å². The van der Waals surface area contributed by atoms with E-state index >= 15 is 0 Å². The van der Waals surface area contributed by atoms with E-state index in [1.54, 1.807) is 18.4 Å². The van der Waals surface area contributed by atoms with Gasteiger partial charge in [-0.05, 0) is 17.2 Å². The van der Waals surface area contributed by atoms with Crippen molar-refractivity contribution in [3.8, 4) is 5.95 Å². The SMILES string of the molecule is O=C1Cc2ccccc2C(Oc2ccco2)C1. The van der Waals surface area contributed by atoms with E-state index in [9.17, 15) is 4.79 Å². The lowest BCUT2D eigenvalue weighted by Gasteiger charge is -2.24. The summed E-state index contributed by atoms with van der Waals surface area (Å²) in [6.45, 7) is 0. The van der Waals surface area contributed by atoms with Gasteiger partial charge in [-0.1, -0.05) is 24.3 Å². The van der Waals surface area contributed by atoms with Gasteiger partial charge in [-0.3, -0.25) is 4.79 Å². The van der Waals surface area contributed by atoms with Crippen molar-refractivity contribution in [2.75, 3.05) is 0 Å². The number of ether oxygens (including phenoxy) is 1. The molecular formula is C14H12O3. The number of hydrogen-bond donors (Lipinski definition) is 0. The van der Waals surface area contributed by atoms with Crippen LogP contribution in [-0.2, 0) is 11.2 Å². The van der Waals surface area contributed by atoms with Crippen molar-refractivity contribution in [2.45, 2.75) is 18.9 Å². The number of ketones is 1. The first-order chi connectivity index (χ1) is 8.33. The van der Waals surface area contributed by atoms with Crippen LogP contribution in [0, 0.1) is 0 Å². The molecular weight excluding hydrogens is 216 g/mol. The molecule has 1 aliphatic rings. The zero-order chi connectivity index (χ0) is 11.7. The van der Waals surface area contributed by atoms with E-state index in [0.717, 1.165) is 11.1 Å². The van der Waals surface area contributed by atoms with Crippen LogP contribution in [0.5, 0.6) is 5.95 Å². The molecule has 1 unspecified atom stereocenters. The molecule has 0 spiro atoms. The van der Waals surface area contributed by atoms with Gasteiger partial charge in [0.15, 0.2) is 0 Å². The van der Waals surface area contributed by atoms with Crippen LogP contribution in [0.25, 0.3) is 0 Å². The van der Waals surface area contributed by atoms with Crippen molar-refractivity contribution in [3.63, 3.8) is 0 Å². The van der Waals surface area contributed by atoms with Gasteiger partial charge in [0.2, 0.25) is 0 Å². The Bertz CT molecular complexity index is 528. The maximum absolute atomic E-state index is 11.7. The molecule has 0 fully saturated rings. The van der Waals surface area contributed by atoms with Crippen LogP contribution in [0.15, 0.2) is 47.1 Å². The van der Waals surface area contributed by atoms with Crippen molar-refractivity contribution < 1.29 is 13.9 Å². The minimum absolute atomic E-state index is 0.209. The molecule has 1 aromatic carbocycles. The lowest BCUT2D eigenvalue weighted by molar-refractivity contribution is -0.120. The number of rotatable bonds is 2. The molecule has 0 bridgehead atoms. The van der Waals surface area contributed by atoms with Crippen molar-refractivity contribution in [3.05, 3.63) is 53.8 Å². The second-order valence-electron chi connectivity index (χ2n) is 4.16.